The van der Waals surface area contributed by atoms with E-state index in [-0.39, 0.29) is 23.9 Å². The van der Waals surface area contributed by atoms with Crippen LogP contribution in [0.1, 0.15) is 32.6 Å². The quantitative estimate of drug-likeness (QED) is 0.374. The van der Waals surface area contributed by atoms with E-state index in [1.807, 2.05) is 0 Å². The van der Waals surface area contributed by atoms with E-state index in [4.69, 9.17) is 9.53 Å². The Labute approximate surface area is 150 Å². The van der Waals surface area contributed by atoms with Gasteiger partial charge in [0.2, 0.25) is 5.23 Å². The van der Waals surface area contributed by atoms with Crippen LogP contribution in [-0.4, -0.2) is 54.9 Å². The molecule has 2 saturated heterocycles. The van der Waals surface area contributed by atoms with Gasteiger partial charge in [-0.15, -0.1) is 0 Å². The molecule has 2 fully saturated rings. The van der Waals surface area contributed by atoms with Crippen LogP contribution in [-0.2, 0) is 19.1 Å². The number of ether oxygens (including phenoxy) is 1. The van der Waals surface area contributed by atoms with Crippen molar-refractivity contribution in [3.8, 4) is 0 Å². The Balaban J connectivity index is 0.000000399. The minimum atomic E-state index is -0.420. The normalized spacial score (nSPS) is 20.7. The first-order valence-electron chi connectivity index (χ1n) is 7.60. The number of urea groups is 2. The number of hydrogen-bond donors (Lipinski definition) is 4. The van der Waals surface area contributed by atoms with Crippen LogP contribution in [0.4, 0.5) is 9.59 Å². The van der Waals surface area contributed by atoms with Crippen LogP contribution in [0.2, 0.25) is 0 Å². The van der Waals surface area contributed by atoms with Gasteiger partial charge in [-0.25, -0.2) is 14.4 Å². The zero-order valence-corrected chi connectivity index (χ0v) is 14.9. The van der Waals surface area contributed by atoms with Crippen LogP contribution < -0.4 is 21.3 Å². The van der Waals surface area contributed by atoms with Gasteiger partial charge in [0.05, 0.1) is 0 Å². The molecule has 0 spiro atoms. The standard InChI is InChI=1S/C7H12N2O2.C6H10N2O3.COS/c1-2-3-4-5-6(10)9-7(11)8-5;1-11-3-2-4-5(9)8-6(10)7-4;2-1-3/h5H,2-4H2,1H3,(H2,8,9,10,11);4H,2-3H2,1H3,(H2,7,8,9,10);/t5-;4-;/m00./s1. The third-order valence-corrected chi connectivity index (χ3v) is 3.17. The average molecular weight is 374 g/mol. The Morgan fingerprint density at radius 2 is 1.44 bits per heavy atom. The van der Waals surface area contributed by atoms with Crippen molar-refractivity contribution in [2.75, 3.05) is 13.7 Å². The molecule has 2 rings (SSSR count). The molecule has 10 nitrogen and oxygen atoms in total. The van der Waals surface area contributed by atoms with E-state index < -0.39 is 12.1 Å². The number of carbonyl (C=O) groups is 4. The third kappa shape index (κ3) is 9.50. The highest BCUT2D eigenvalue weighted by Crippen LogP contribution is 2.03. The zero-order chi connectivity index (χ0) is 19.2. The molecule has 2 atom stereocenters. The first-order valence-corrected chi connectivity index (χ1v) is 8.01. The highest BCUT2D eigenvalue weighted by molar-refractivity contribution is 7.78. The van der Waals surface area contributed by atoms with Gasteiger partial charge in [-0.2, -0.15) is 0 Å². The topological polar surface area (TPSA) is 143 Å². The van der Waals surface area contributed by atoms with E-state index in [1.54, 1.807) is 7.11 Å². The number of hydrogen-bond acceptors (Lipinski definition) is 7. The van der Waals surface area contributed by atoms with Gasteiger partial charge in [-0.3, -0.25) is 20.2 Å². The molecule has 0 aromatic carbocycles. The van der Waals surface area contributed by atoms with E-state index >= 15 is 0 Å². The molecule has 140 valence electrons. The van der Waals surface area contributed by atoms with Crippen molar-refractivity contribution in [1.29, 1.82) is 0 Å². The van der Waals surface area contributed by atoms with Gasteiger partial charge >= 0.3 is 12.1 Å². The van der Waals surface area contributed by atoms with Gasteiger partial charge < -0.3 is 15.4 Å². The summed E-state index contributed by atoms with van der Waals surface area (Å²) in [6, 6.07) is -1.49. The fourth-order valence-electron chi connectivity index (χ4n) is 1.97. The van der Waals surface area contributed by atoms with Crippen LogP contribution >= 0.6 is 12.2 Å². The molecule has 0 aliphatic carbocycles. The van der Waals surface area contributed by atoms with Crippen molar-refractivity contribution in [1.82, 2.24) is 21.3 Å². The smallest absolute Gasteiger partial charge is 0.322 e. The number of methoxy groups -OCH3 is 1. The minimum Gasteiger partial charge on any atom is -0.385 e. The summed E-state index contributed by atoms with van der Waals surface area (Å²) < 4.78 is 4.76. The summed E-state index contributed by atoms with van der Waals surface area (Å²) in [6.45, 7) is 2.52. The molecule has 2 aliphatic heterocycles. The van der Waals surface area contributed by atoms with Crippen LogP contribution in [0.25, 0.3) is 0 Å². The summed E-state index contributed by atoms with van der Waals surface area (Å²) in [4.78, 5) is 51.4. The number of imide groups is 2. The molecule has 2 aliphatic rings. The second kappa shape index (κ2) is 13.0. The molecule has 0 aromatic heterocycles. The molecular formula is C14H22N4O6S. The lowest BCUT2D eigenvalue weighted by atomic mass is 10.1. The summed E-state index contributed by atoms with van der Waals surface area (Å²) in [6.07, 6.45) is 3.28. The zero-order valence-electron chi connectivity index (χ0n) is 14.0. The molecule has 0 aromatic rings. The highest BCUT2D eigenvalue weighted by Gasteiger charge is 2.29. The SMILES string of the molecule is CCCC[C@@H]1NC(=O)NC1=O.COCC[C@@H]1NC(=O)NC1=O.O=C=S. The second-order valence-electron chi connectivity index (χ2n) is 5.04. The van der Waals surface area contributed by atoms with Crippen molar-refractivity contribution >= 4 is 41.3 Å². The molecule has 4 N–H and O–H groups in total. The summed E-state index contributed by atoms with van der Waals surface area (Å²) in [5.41, 5.74) is 0. The van der Waals surface area contributed by atoms with Crippen molar-refractivity contribution in [3.63, 3.8) is 0 Å². The highest BCUT2D eigenvalue weighted by atomic mass is 32.1. The van der Waals surface area contributed by atoms with E-state index in [9.17, 15) is 19.2 Å². The number of amides is 6. The number of unbranched alkanes of at least 4 members (excludes halogenated alkanes) is 1. The fourth-order valence-corrected chi connectivity index (χ4v) is 1.97. The van der Waals surface area contributed by atoms with E-state index in [1.165, 1.54) is 0 Å². The Bertz CT molecular complexity index is 481. The Morgan fingerprint density at radius 3 is 1.76 bits per heavy atom. The Morgan fingerprint density at radius 1 is 1.00 bits per heavy atom. The average Bonchev–Trinajstić information content (AvgIpc) is 3.05. The molecule has 0 saturated carbocycles. The van der Waals surface area contributed by atoms with Gasteiger partial charge in [0.15, 0.2) is 0 Å². The van der Waals surface area contributed by atoms with Crippen LogP contribution in [0.3, 0.4) is 0 Å². The first kappa shape index (κ1) is 22.6. The monoisotopic (exact) mass is 374 g/mol. The maximum atomic E-state index is 10.9. The largest absolute Gasteiger partial charge is 0.385 e. The van der Waals surface area contributed by atoms with Crippen molar-refractivity contribution in [2.24, 2.45) is 0 Å². The van der Waals surface area contributed by atoms with Crippen LogP contribution in [0.5, 0.6) is 0 Å². The lowest BCUT2D eigenvalue weighted by Gasteiger charge is -2.04. The lowest BCUT2D eigenvalue weighted by molar-refractivity contribution is -0.121. The van der Waals surface area contributed by atoms with E-state index in [2.05, 4.69) is 40.4 Å². The van der Waals surface area contributed by atoms with Gasteiger partial charge in [0.25, 0.3) is 11.8 Å². The van der Waals surface area contributed by atoms with E-state index in [0.29, 0.717) is 13.0 Å². The van der Waals surface area contributed by atoms with E-state index in [0.717, 1.165) is 24.5 Å². The number of thiocarbonyl (C=S) groups is 1. The number of nitrogens with one attached hydrogen (secondary N) is 4. The summed E-state index contributed by atoms with van der Waals surface area (Å²) in [5, 5.41) is 10.4. The summed E-state index contributed by atoms with van der Waals surface area (Å²) in [7, 11) is 1.55. The summed E-state index contributed by atoms with van der Waals surface area (Å²) >= 11 is 3.59. The molecule has 6 amide bonds. The predicted octanol–water partition coefficient (Wildman–Crippen LogP) is -0.133. The maximum Gasteiger partial charge on any atom is 0.322 e. The van der Waals surface area contributed by atoms with Gasteiger partial charge in [-0.05, 0) is 6.42 Å². The minimum absolute atomic E-state index is 0.191. The molecule has 11 heteroatoms. The van der Waals surface area contributed by atoms with Gasteiger partial charge in [0, 0.05) is 32.4 Å². The second-order valence-corrected chi connectivity index (χ2v) is 5.20. The molecule has 2 heterocycles. The molecule has 0 bridgehead atoms. The molecule has 0 radical (unpaired) electrons. The van der Waals surface area contributed by atoms with Crippen LogP contribution in [0.15, 0.2) is 0 Å². The summed E-state index contributed by atoms with van der Waals surface area (Å²) in [5.74, 6) is -0.462. The maximum absolute atomic E-state index is 10.9. The van der Waals surface area contributed by atoms with Crippen molar-refractivity contribution in [3.05, 3.63) is 0 Å². The van der Waals surface area contributed by atoms with Crippen molar-refractivity contribution < 1.29 is 28.7 Å². The van der Waals surface area contributed by atoms with Crippen molar-refractivity contribution in [2.45, 2.75) is 44.7 Å². The predicted molar refractivity (Wildman–Crippen MR) is 90.2 cm³/mol. The first-order chi connectivity index (χ1) is 11.9. The molecular weight excluding hydrogens is 352 g/mol. The van der Waals surface area contributed by atoms with Gasteiger partial charge in [0.1, 0.15) is 12.1 Å². The number of carbonyl (C=O) groups excluding carboxylic acids is 5. The van der Waals surface area contributed by atoms with Crippen LogP contribution in [0, 0.1) is 0 Å². The van der Waals surface area contributed by atoms with Gasteiger partial charge in [-0.1, -0.05) is 19.8 Å². The Kier molecular flexibility index (Phi) is 11.8. The fraction of sp³-hybridized carbons (Fsp3) is 0.643. The number of rotatable bonds is 6. The molecule has 0 unspecified atom stereocenters. The molecule has 25 heavy (non-hydrogen) atoms. The lowest BCUT2D eigenvalue weighted by Crippen LogP contribution is -2.29. The third-order valence-electron chi connectivity index (χ3n) is 3.17. The Hall–Kier alpha value is -2.36.